The molecule has 1 unspecified atom stereocenters. The SMILES string of the molecule is CCCCCCCCCCOC(=O)C(CC(=O)OCCC(F)(F)C(F)(F)C(F)(F)C(F)(F)C(F)(F)C(F)(F)C(F)(F)C(F)(F)F)S(=O)(=O)[O-].[Na+]. The zero-order valence-corrected chi connectivity index (χ0v) is 28.6. The molecule has 0 saturated heterocycles. The van der Waals surface area contributed by atoms with E-state index in [-0.39, 0.29) is 36.0 Å². The average molecular weight is 807 g/mol. The van der Waals surface area contributed by atoms with E-state index < -0.39 is 101 Å². The molecule has 0 aromatic rings. The summed E-state index contributed by atoms with van der Waals surface area (Å²) in [6.07, 6.45) is -7.03. The van der Waals surface area contributed by atoms with Crippen molar-refractivity contribution in [2.75, 3.05) is 13.2 Å². The minimum Gasteiger partial charge on any atom is -0.747 e. The van der Waals surface area contributed by atoms with Crippen LogP contribution in [-0.4, -0.2) is 91.0 Å². The van der Waals surface area contributed by atoms with E-state index in [2.05, 4.69) is 9.47 Å². The van der Waals surface area contributed by atoms with Crippen LogP contribution in [0.1, 0.15) is 71.1 Å². The minimum absolute atomic E-state index is 0. The van der Waals surface area contributed by atoms with Gasteiger partial charge in [-0.25, -0.2) is 8.42 Å². The topological polar surface area (TPSA) is 110 Å². The molecule has 7 nitrogen and oxygen atoms in total. The molecular weight excluding hydrogens is 778 g/mol. The van der Waals surface area contributed by atoms with Crippen LogP contribution in [0.3, 0.4) is 0 Å². The van der Waals surface area contributed by atoms with E-state index >= 15 is 0 Å². The summed E-state index contributed by atoms with van der Waals surface area (Å²) in [6.45, 7) is -0.882. The molecule has 0 aliphatic heterocycles. The normalized spacial score (nSPS) is 14.9. The van der Waals surface area contributed by atoms with E-state index in [1.165, 1.54) is 0 Å². The minimum atomic E-state index is -8.81. The third kappa shape index (κ3) is 11.1. The number of carbonyl (C=O) groups is 2. The van der Waals surface area contributed by atoms with Gasteiger partial charge in [-0.1, -0.05) is 51.9 Å². The first-order valence-corrected chi connectivity index (χ1v) is 15.2. The second-order valence-corrected chi connectivity index (χ2v) is 12.0. The van der Waals surface area contributed by atoms with E-state index in [1.807, 2.05) is 6.92 Å². The van der Waals surface area contributed by atoms with Gasteiger partial charge in [-0.05, 0) is 6.42 Å². The van der Waals surface area contributed by atoms with Gasteiger partial charge < -0.3 is 14.0 Å². The molecule has 0 spiro atoms. The Labute approximate surface area is 295 Å². The predicted octanol–water partition coefficient (Wildman–Crippen LogP) is 4.92. The zero-order valence-electron chi connectivity index (χ0n) is 25.8. The van der Waals surface area contributed by atoms with Crippen LogP contribution in [-0.2, 0) is 29.2 Å². The number of unbranched alkanes of at least 4 members (excludes halogenated alkanes) is 7. The molecule has 0 rings (SSSR count). The van der Waals surface area contributed by atoms with Crippen molar-refractivity contribution in [2.45, 2.75) is 124 Å². The van der Waals surface area contributed by atoms with Gasteiger partial charge in [-0.3, -0.25) is 9.59 Å². The van der Waals surface area contributed by atoms with E-state index in [0.29, 0.717) is 12.8 Å². The predicted molar refractivity (Wildman–Crippen MR) is 128 cm³/mol. The number of halogens is 17. The second-order valence-electron chi connectivity index (χ2n) is 10.4. The summed E-state index contributed by atoms with van der Waals surface area (Å²) in [4.78, 5) is 23.7. The molecule has 50 heavy (non-hydrogen) atoms. The Morgan fingerprint density at radius 3 is 1.36 bits per heavy atom. The van der Waals surface area contributed by atoms with E-state index in [9.17, 15) is 97.2 Å². The Morgan fingerprint density at radius 2 is 0.960 bits per heavy atom. The molecule has 0 aliphatic rings. The molecule has 292 valence electrons. The third-order valence-corrected chi connectivity index (χ3v) is 7.73. The first-order valence-electron chi connectivity index (χ1n) is 13.7. The molecule has 0 N–H and O–H groups in total. The van der Waals surface area contributed by atoms with Crippen molar-refractivity contribution in [3.8, 4) is 0 Å². The van der Waals surface area contributed by atoms with Gasteiger partial charge in [0.15, 0.2) is 5.25 Å². The molecule has 0 amide bonds. The van der Waals surface area contributed by atoms with Crippen molar-refractivity contribution in [2.24, 2.45) is 0 Å². The molecular formula is C24H28F17NaO7S. The third-order valence-electron chi connectivity index (χ3n) is 6.67. The van der Waals surface area contributed by atoms with Crippen molar-refractivity contribution < 1.29 is 136 Å². The fourth-order valence-corrected chi connectivity index (χ4v) is 4.31. The van der Waals surface area contributed by atoms with Crippen LogP contribution < -0.4 is 29.6 Å². The number of hydrogen-bond acceptors (Lipinski definition) is 7. The van der Waals surface area contributed by atoms with Crippen molar-refractivity contribution >= 4 is 22.1 Å². The van der Waals surface area contributed by atoms with Gasteiger partial charge in [0, 0.05) is 0 Å². The fraction of sp³-hybridized carbons (Fsp3) is 0.917. The van der Waals surface area contributed by atoms with E-state index in [1.54, 1.807) is 0 Å². The van der Waals surface area contributed by atoms with E-state index in [0.717, 1.165) is 32.1 Å². The Hall–Kier alpha value is -1.34. The summed E-state index contributed by atoms with van der Waals surface area (Å²) >= 11 is 0. The number of esters is 2. The van der Waals surface area contributed by atoms with Crippen molar-refractivity contribution in [1.82, 2.24) is 0 Å². The van der Waals surface area contributed by atoms with Gasteiger partial charge in [-0.2, -0.15) is 74.6 Å². The van der Waals surface area contributed by atoms with Gasteiger partial charge >= 0.3 is 89.1 Å². The largest absolute Gasteiger partial charge is 1.00 e. The quantitative estimate of drug-likeness (QED) is 0.0503. The average Bonchev–Trinajstić information content (AvgIpc) is 2.92. The molecule has 1 atom stereocenters. The Balaban J connectivity index is 0. The maximum Gasteiger partial charge on any atom is 1.00 e. The van der Waals surface area contributed by atoms with Crippen LogP contribution >= 0.6 is 0 Å². The van der Waals surface area contributed by atoms with Crippen LogP contribution in [0.25, 0.3) is 0 Å². The van der Waals surface area contributed by atoms with Crippen LogP contribution in [0.4, 0.5) is 74.6 Å². The van der Waals surface area contributed by atoms with Gasteiger partial charge in [0.05, 0.1) is 26.1 Å². The molecule has 0 aromatic carbocycles. The van der Waals surface area contributed by atoms with Crippen LogP contribution in [0, 0.1) is 0 Å². The molecule has 0 aliphatic carbocycles. The molecule has 0 fully saturated rings. The first kappa shape index (κ1) is 50.8. The summed E-state index contributed by atoms with van der Waals surface area (Å²) in [7, 11) is -5.81. The van der Waals surface area contributed by atoms with Gasteiger partial charge in [0.25, 0.3) is 0 Å². The monoisotopic (exact) mass is 806 g/mol. The van der Waals surface area contributed by atoms with Gasteiger partial charge in [-0.15, -0.1) is 0 Å². The Morgan fingerprint density at radius 1 is 0.580 bits per heavy atom. The summed E-state index contributed by atoms with van der Waals surface area (Å²) in [6, 6.07) is 0. The number of carbonyl (C=O) groups excluding carboxylic acids is 2. The molecule has 0 radical (unpaired) electrons. The summed E-state index contributed by atoms with van der Waals surface area (Å²) in [5.74, 6) is -62.1. The maximum absolute atomic E-state index is 13.9. The molecule has 0 saturated carbocycles. The smallest absolute Gasteiger partial charge is 0.747 e. The van der Waals surface area contributed by atoms with Crippen LogP contribution in [0.2, 0.25) is 0 Å². The molecule has 26 heteroatoms. The Bertz CT molecular complexity index is 1210. The van der Waals surface area contributed by atoms with Gasteiger partial charge in [0.1, 0.15) is 10.1 Å². The first-order chi connectivity index (χ1) is 21.7. The summed E-state index contributed by atoms with van der Waals surface area (Å²) < 4.78 is 269. The Kier molecular flexibility index (Phi) is 18.4. The number of rotatable bonds is 22. The fourth-order valence-electron chi connectivity index (χ4n) is 3.66. The maximum atomic E-state index is 13.9. The number of alkyl halides is 17. The van der Waals surface area contributed by atoms with Crippen molar-refractivity contribution in [3.63, 3.8) is 0 Å². The zero-order chi connectivity index (χ0) is 39.1. The van der Waals surface area contributed by atoms with E-state index in [4.69, 9.17) is 0 Å². The standard InChI is InChI=1S/C24H29F17O7S.Na/c1-2-3-4-5-6-7-8-9-11-48-16(43)14(49(44,45)46)13-15(42)47-12-10-17(25,26)18(27,28)19(29,30)20(31,32)21(33,34)22(35,36)23(37,38)24(39,40)41;/h14H,2-13H2,1H3,(H,44,45,46);/q;+1/p-1. The number of hydrogen-bond donors (Lipinski definition) is 0. The van der Waals surface area contributed by atoms with Crippen molar-refractivity contribution in [1.29, 1.82) is 0 Å². The van der Waals surface area contributed by atoms with Crippen LogP contribution in [0.15, 0.2) is 0 Å². The van der Waals surface area contributed by atoms with Gasteiger partial charge in [0.2, 0.25) is 0 Å². The molecule has 0 bridgehead atoms. The molecule has 0 heterocycles. The summed E-state index contributed by atoms with van der Waals surface area (Å²) in [5.41, 5.74) is 0. The van der Waals surface area contributed by atoms with Crippen molar-refractivity contribution in [3.05, 3.63) is 0 Å². The second kappa shape index (κ2) is 18.1. The number of ether oxygens (including phenoxy) is 2. The summed E-state index contributed by atoms with van der Waals surface area (Å²) in [5, 5.41) is -2.96. The molecule has 0 aromatic heterocycles. The van der Waals surface area contributed by atoms with Crippen LogP contribution in [0.5, 0.6) is 0 Å².